The lowest BCUT2D eigenvalue weighted by atomic mass is 10.1. The van der Waals surface area contributed by atoms with Gasteiger partial charge in [-0.15, -0.1) is 11.3 Å². The maximum atomic E-state index is 12.5. The van der Waals surface area contributed by atoms with Gasteiger partial charge in [0, 0.05) is 17.6 Å². The average molecular weight is 345 g/mol. The van der Waals surface area contributed by atoms with Gasteiger partial charge in [-0.1, -0.05) is 30.3 Å². The molecule has 1 aliphatic rings. The Balaban J connectivity index is 1.66. The first-order valence-corrected chi connectivity index (χ1v) is 8.61. The monoisotopic (exact) mass is 345 g/mol. The largest absolute Gasteiger partial charge is 0.369 e. The number of benzene rings is 1. The standard InChI is InChI=1S/C17H19N3O3S/c1-12-11-24-15(19-12)7-18-17(22)14-9-23-10-16(21)20(14)8-13-5-3-2-4-6-13/h2-6,11,14H,7-10H2,1H3,(H,18,22)/t14-/m0/s1. The van der Waals surface area contributed by atoms with Crippen molar-refractivity contribution in [3.63, 3.8) is 0 Å². The van der Waals surface area contributed by atoms with Crippen molar-refractivity contribution in [2.45, 2.75) is 26.1 Å². The zero-order valence-electron chi connectivity index (χ0n) is 13.4. The fraction of sp³-hybridized carbons (Fsp3) is 0.353. The molecule has 1 aliphatic heterocycles. The maximum Gasteiger partial charge on any atom is 0.249 e. The molecule has 1 fully saturated rings. The maximum absolute atomic E-state index is 12.5. The molecule has 1 aromatic carbocycles. The van der Waals surface area contributed by atoms with Crippen LogP contribution in [0.3, 0.4) is 0 Å². The van der Waals surface area contributed by atoms with Gasteiger partial charge in [-0.3, -0.25) is 9.59 Å². The SMILES string of the molecule is Cc1csc(CNC(=O)[C@@H]2COCC(=O)N2Cc2ccccc2)n1. The van der Waals surface area contributed by atoms with Crippen molar-refractivity contribution in [2.75, 3.05) is 13.2 Å². The molecule has 2 aromatic rings. The van der Waals surface area contributed by atoms with Gasteiger partial charge < -0.3 is 15.0 Å². The Labute approximate surface area is 144 Å². The van der Waals surface area contributed by atoms with E-state index in [-0.39, 0.29) is 25.0 Å². The highest BCUT2D eigenvalue weighted by Crippen LogP contribution is 2.14. The Kier molecular flexibility index (Phi) is 5.22. The van der Waals surface area contributed by atoms with Crippen LogP contribution in [-0.4, -0.2) is 41.0 Å². The Bertz CT molecular complexity index is 717. The third-order valence-electron chi connectivity index (χ3n) is 3.78. The van der Waals surface area contributed by atoms with Crippen LogP contribution in [-0.2, 0) is 27.4 Å². The molecule has 1 aromatic heterocycles. The number of morpholine rings is 1. The molecule has 24 heavy (non-hydrogen) atoms. The van der Waals surface area contributed by atoms with Crippen molar-refractivity contribution in [3.8, 4) is 0 Å². The Hall–Kier alpha value is -2.25. The highest BCUT2D eigenvalue weighted by molar-refractivity contribution is 7.09. The van der Waals surface area contributed by atoms with E-state index in [4.69, 9.17) is 4.74 Å². The van der Waals surface area contributed by atoms with E-state index >= 15 is 0 Å². The van der Waals surface area contributed by atoms with Gasteiger partial charge in [0.1, 0.15) is 17.7 Å². The van der Waals surface area contributed by atoms with Gasteiger partial charge in [0.15, 0.2) is 0 Å². The van der Waals surface area contributed by atoms with E-state index in [0.29, 0.717) is 13.1 Å². The first-order valence-electron chi connectivity index (χ1n) is 7.73. The van der Waals surface area contributed by atoms with E-state index in [1.807, 2.05) is 42.6 Å². The number of hydrogen-bond acceptors (Lipinski definition) is 5. The quantitative estimate of drug-likeness (QED) is 0.891. The lowest BCUT2D eigenvalue weighted by molar-refractivity contribution is -0.155. The molecule has 2 amide bonds. The second-order valence-corrected chi connectivity index (χ2v) is 6.58. The molecule has 7 heteroatoms. The van der Waals surface area contributed by atoms with Crippen LogP contribution in [0.25, 0.3) is 0 Å². The van der Waals surface area contributed by atoms with Crippen molar-refractivity contribution < 1.29 is 14.3 Å². The van der Waals surface area contributed by atoms with E-state index < -0.39 is 6.04 Å². The zero-order chi connectivity index (χ0) is 16.9. The minimum atomic E-state index is -0.618. The van der Waals surface area contributed by atoms with Crippen LogP contribution >= 0.6 is 11.3 Å². The molecule has 0 unspecified atom stereocenters. The molecule has 1 N–H and O–H groups in total. The number of carbonyl (C=O) groups excluding carboxylic acids is 2. The molecule has 0 bridgehead atoms. The summed E-state index contributed by atoms with van der Waals surface area (Å²) >= 11 is 1.50. The predicted molar refractivity (Wildman–Crippen MR) is 90.3 cm³/mol. The van der Waals surface area contributed by atoms with E-state index in [0.717, 1.165) is 16.3 Å². The number of ether oxygens (including phenoxy) is 1. The summed E-state index contributed by atoms with van der Waals surface area (Å²) in [6.07, 6.45) is 0. The van der Waals surface area contributed by atoms with Crippen molar-refractivity contribution in [1.29, 1.82) is 0 Å². The van der Waals surface area contributed by atoms with Crippen LogP contribution in [0.2, 0.25) is 0 Å². The second kappa shape index (κ2) is 7.55. The van der Waals surface area contributed by atoms with E-state index in [9.17, 15) is 9.59 Å². The molecule has 126 valence electrons. The topological polar surface area (TPSA) is 71.5 Å². The number of rotatable bonds is 5. The lowest BCUT2D eigenvalue weighted by Crippen LogP contribution is -2.55. The number of aryl methyl sites for hydroxylation is 1. The Morgan fingerprint density at radius 1 is 1.42 bits per heavy atom. The minimum absolute atomic E-state index is 0.0162. The molecule has 6 nitrogen and oxygen atoms in total. The molecule has 1 atom stereocenters. The summed E-state index contributed by atoms with van der Waals surface area (Å²) in [5.74, 6) is -0.387. The third-order valence-corrected chi connectivity index (χ3v) is 4.74. The summed E-state index contributed by atoms with van der Waals surface area (Å²) in [4.78, 5) is 30.6. The van der Waals surface area contributed by atoms with Gasteiger partial charge in [-0.25, -0.2) is 4.98 Å². The van der Waals surface area contributed by atoms with Crippen molar-refractivity contribution in [3.05, 3.63) is 52.0 Å². The van der Waals surface area contributed by atoms with Gasteiger partial charge in [-0.2, -0.15) is 0 Å². The lowest BCUT2D eigenvalue weighted by Gasteiger charge is -2.34. The van der Waals surface area contributed by atoms with E-state index in [1.54, 1.807) is 4.90 Å². The summed E-state index contributed by atoms with van der Waals surface area (Å²) in [7, 11) is 0. The number of hydrogen-bond donors (Lipinski definition) is 1. The predicted octanol–water partition coefficient (Wildman–Crippen LogP) is 1.50. The fourth-order valence-corrected chi connectivity index (χ4v) is 3.28. The third kappa shape index (κ3) is 3.98. The van der Waals surface area contributed by atoms with Gasteiger partial charge in [-0.05, 0) is 12.5 Å². The van der Waals surface area contributed by atoms with Crippen LogP contribution in [0, 0.1) is 6.92 Å². The average Bonchev–Trinajstić information content (AvgIpc) is 3.01. The molecular weight excluding hydrogens is 326 g/mol. The Morgan fingerprint density at radius 2 is 2.21 bits per heavy atom. The van der Waals surface area contributed by atoms with Crippen LogP contribution < -0.4 is 5.32 Å². The molecular formula is C17H19N3O3S. The second-order valence-electron chi connectivity index (χ2n) is 5.64. The number of carbonyl (C=O) groups is 2. The summed E-state index contributed by atoms with van der Waals surface area (Å²) < 4.78 is 5.27. The molecule has 0 spiro atoms. The van der Waals surface area contributed by atoms with Crippen LogP contribution in [0.4, 0.5) is 0 Å². The summed E-state index contributed by atoms with van der Waals surface area (Å²) in [6.45, 7) is 2.90. The molecule has 0 radical (unpaired) electrons. The highest BCUT2D eigenvalue weighted by Gasteiger charge is 2.33. The normalized spacial score (nSPS) is 17.8. The van der Waals surface area contributed by atoms with Gasteiger partial charge in [0.05, 0.1) is 13.2 Å². The summed E-state index contributed by atoms with van der Waals surface area (Å²) in [5, 5.41) is 5.64. The molecule has 0 saturated carbocycles. The first kappa shape index (κ1) is 16.6. The number of thiazole rings is 1. The van der Waals surface area contributed by atoms with Crippen molar-refractivity contribution >= 4 is 23.2 Å². The van der Waals surface area contributed by atoms with Gasteiger partial charge in [0.25, 0.3) is 0 Å². The van der Waals surface area contributed by atoms with Crippen LogP contribution in [0.5, 0.6) is 0 Å². The summed E-state index contributed by atoms with van der Waals surface area (Å²) in [6, 6.07) is 9.02. The van der Waals surface area contributed by atoms with E-state index in [1.165, 1.54) is 11.3 Å². The fourth-order valence-electron chi connectivity index (χ4n) is 2.56. The Morgan fingerprint density at radius 3 is 2.92 bits per heavy atom. The van der Waals surface area contributed by atoms with Gasteiger partial charge >= 0.3 is 0 Å². The smallest absolute Gasteiger partial charge is 0.249 e. The first-order chi connectivity index (χ1) is 11.6. The van der Waals surface area contributed by atoms with Crippen LogP contribution in [0.15, 0.2) is 35.7 Å². The molecule has 3 rings (SSSR count). The van der Waals surface area contributed by atoms with Crippen LogP contribution in [0.1, 0.15) is 16.3 Å². The molecule has 0 aliphatic carbocycles. The molecule has 1 saturated heterocycles. The minimum Gasteiger partial charge on any atom is -0.369 e. The number of nitrogens with one attached hydrogen (secondary N) is 1. The number of nitrogens with zero attached hydrogens (tertiary/aromatic N) is 2. The highest BCUT2D eigenvalue weighted by atomic mass is 32.1. The van der Waals surface area contributed by atoms with Gasteiger partial charge in [0.2, 0.25) is 11.8 Å². The zero-order valence-corrected chi connectivity index (χ0v) is 14.2. The van der Waals surface area contributed by atoms with Crippen molar-refractivity contribution in [2.24, 2.45) is 0 Å². The summed E-state index contributed by atoms with van der Waals surface area (Å²) in [5.41, 5.74) is 1.92. The molecule has 2 heterocycles. The van der Waals surface area contributed by atoms with E-state index in [2.05, 4.69) is 10.3 Å². The number of amides is 2. The number of aromatic nitrogens is 1. The van der Waals surface area contributed by atoms with Crippen molar-refractivity contribution in [1.82, 2.24) is 15.2 Å².